The lowest BCUT2D eigenvalue weighted by molar-refractivity contribution is 0.306. The van der Waals surface area contributed by atoms with Gasteiger partial charge in [0, 0.05) is 0 Å². The summed E-state index contributed by atoms with van der Waals surface area (Å²) < 4.78 is 10.7. The number of rotatable bonds is 4. The van der Waals surface area contributed by atoms with E-state index in [2.05, 4.69) is 4.98 Å². The van der Waals surface area contributed by atoms with Crippen molar-refractivity contribution in [1.82, 2.24) is 4.98 Å². The van der Waals surface area contributed by atoms with Gasteiger partial charge in [0.25, 0.3) is 0 Å². The summed E-state index contributed by atoms with van der Waals surface area (Å²) in [7, 11) is 0. The molecule has 2 aromatic rings. The average molecular weight is 203 g/mol. The summed E-state index contributed by atoms with van der Waals surface area (Å²) in [6, 6.07) is 7.98. The normalized spacial score (nSPS) is 10.2. The summed E-state index contributed by atoms with van der Waals surface area (Å²) in [4.78, 5) is 4.02. The molecule has 0 amide bonds. The molecule has 0 fully saturated rings. The van der Waals surface area contributed by atoms with E-state index in [1.165, 1.54) is 5.56 Å². The first-order chi connectivity index (χ1) is 7.34. The van der Waals surface area contributed by atoms with Gasteiger partial charge < -0.3 is 9.15 Å². The molecule has 0 saturated carbocycles. The molecule has 15 heavy (non-hydrogen) atoms. The van der Waals surface area contributed by atoms with Gasteiger partial charge >= 0.3 is 0 Å². The number of aromatic nitrogens is 1. The van der Waals surface area contributed by atoms with Gasteiger partial charge in [0.2, 0.25) is 0 Å². The third kappa shape index (κ3) is 2.84. The molecule has 78 valence electrons. The summed E-state index contributed by atoms with van der Waals surface area (Å²) in [5, 5.41) is 0. The molecule has 0 aliphatic heterocycles. The second-order valence-electron chi connectivity index (χ2n) is 3.34. The largest absolute Gasteiger partial charge is 0.493 e. The molecular weight excluding hydrogens is 190 g/mol. The van der Waals surface area contributed by atoms with Gasteiger partial charge in [-0.3, -0.25) is 0 Å². The number of oxazole rings is 1. The Morgan fingerprint density at radius 2 is 2.33 bits per heavy atom. The third-order valence-corrected chi connectivity index (χ3v) is 2.06. The molecule has 2 rings (SSSR count). The Bertz CT molecular complexity index is 409. The lowest BCUT2D eigenvalue weighted by Gasteiger charge is -2.04. The first-order valence-electron chi connectivity index (χ1n) is 4.92. The molecule has 0 aliphatic rings. The maximum atomic E-state index is 5.56. The second kappa shape index (κ2) is 4.64. The van der Waals surface area contributed by atoms with E-state index in [9.17, 15) is 0 Å². The van der Waals surface area contributed by atoms with Gasteiger partial charge in [0.05, 0.1) is 19.2 Å². The van der Waals surface area contributed by atoms with Gasteiger partial charge in [0.15, 0.2) is 5.89 Å². The summed E-state index contributed by atoms with van der Waals surface area (Å²) in [5.41, 5.74) is 1.20. The first kappa shape index (κ1) is 9.77. The predicted molar refractivity (Wildman–Crippen MR) is 56.9 cm³/mol. The van der Waals surface area contributed by atoms with Crippen LogP contribution in [0, 0.1) is 6.92 Å². The van der Waals surface area contributed by atoms with Crippen LogP contribution in [0.1, 0.15) is 11.5 Å². The van der Waals surface area contributed by atoms with Gasteiger partial charge in [0.1, 0.15) is 12.0 Å². The molecule has 1 heterocycles. The highest BCUT2D eigenvalue weighted by molar-refractivity contribution is 5.27. The minimum atomic E-state index is 0.587. The highest BCUT2D eigenvalue weighted by Crippen LogP contribution is 2.12. The molecule has 1 aromatic carbocycles. The molecule has 1 aromatic heterocycles. The monoisotopic (exact) mass is 203 g/mol. The average Bonchev–Trinajstić information content (AvgIpc) is 2.71. The number of benzene rings is 1. The molecule has 3 heteroatoms. The second-order valence-corrected chi connectivity index (χ2v) is 3.34. The Morgan fingerprint density at radius 3 is 3.07 bits per heavy atom. The summed E-state index contributed by atoms with van der Waals surface area (Å²) in [6.07, 6.45) is 3.91. The van der Waals surface area contributed by atoms with E-state index in [0.717, 1.165) is 5.75 Å². The van der Waals surface area contributed by atoms with E-state index in [-0.39, 0.29) is 0 Å². The van der Waals surface area contributed by atoms with Crippen LogP contribution in [0.15, 0.2) is 41.1 Å². The summed E-state index contributed by atoms with van der Waals surface area (Å²) in [6.45, 7) is 2.63. The zero-order valence-electron chi connectivity index (χ0n) is 8.64. The fourth-order valence-electron chi connectivity index (χ4n) is 1.34. The van der Waals surface area contributed by atoms with Crippen molar-refractivity contribution in [3.8, 4) is 5.75 Å². The number of ether oxygens (including phenoxy) is 1. The van der Waals surface area contributed by atoms with Gasteiger partial charge in [-0.25, -0.2) is 4.98 Å². The third-order valence-electron chi connectivity index (χ3n) is 2.06. The van der Waals surface area contributed by atoms with Crippen LogP contribution in [-0.4, -0.2) is 11.6 Å². The van der Waals surface area contributed by atoms with Crippen molar-refractivity contribution >= 4 is 0 Å². The lowest BCUT2D eigenvalue weighted by atomic mass is 10.2. The van der Waals surface area contributed by atoms with Gasteiger partial charge in [-0.15, -0.1) is 0 Å². The van der Waals surface area contributed by atoms with Crippen LogP contribution >= 0.6 is 0 Å². The van der Waals surface area contributed by atoms with Crippen LogP contribution in [0.25, 0.3) is 0 Å². The molecule has 0 unspecified atom stereocenters. The van der Waals surface area contributed by atoms with Crippen LogP contribution < -0.4 is 4.74 Å². The molecule has 0 bridgehead atoms. The van der Waals surface area contributed by atoms with Crippen molar-refractivity contribution in [2.24, 2.45) is 0 Å². The van der Waals surface area contributed by atoms with Crippen LogP contribution in [0.3, 0.4) is 0 Å². The first-order valence-corrected chi connectivity index (χ1v) is 4.92. The number of hydrogen-bond donors (Lipinski definition) is 0. The quantitative estimate of drug-likeness (QED) is 0.766. The zero-order valence-corrected chi connectivity index (χ0v) is 8.64. The van der Waals surface area contributed by atoms with E-state index in [1.807, 2.05) is 31.2 Å². The van der Waals surface area contributed by atoms with Crippen LogP contribution in [-0.2, 0) is 6.42 Å². The van der Waals surface area contributed by atoms with Crippen molar-refractivity contribution in [2.45, 2.75) is 13.3 Å². The Balaban J connectivity index is 1.83. The van der Waals surface area contributed by atoms with E-state index in [0.29, 0.717) is 18.9 Å². The summed E-state index contributed by atoms with van der Waals surface area (Å²) in [5.74, 6) is 1.60. The number of hydrogen-bond acceptors (Lipinski definition) is 3. The molecule has 0 radical (unpaired) electrons. The fraction of sp³-hybridized carbons (Fsp3) is 0.250. The van der Waals surface area contributed by atoms with Gasteiger partial charge in [-0.1, -0.05) is 12.1 Å². The molecular formula is C12H13NO2. The van der Waals surface area contributed by atoms with Crippen molar-refractivity contribution in [3.05, 3.63) is 48.2 Å². The minimum absolute atomic E-state index is 0.587. The highest BCUT2D eigenvalue weighted by atomic mass is 16.5. The molecule has 0 aliphatic carbocycles. The lowest BCUT2D eigenvalue weighted by Crippen LogP contribution is -2.01. The van der Waals surface area contributed by atoms with Crippen molar-refractivity contribution in [1.29, 1.82) is 0 Å². The molecule has 0 atom stereocenters. The number of aryl methyl sites for hydroxylation is 1. The maximum Gasteiger partial charge on any atom is 0.197 e. The highest BCUT2D eigenvalue weighted by Gasteiger charge is 1.98. The van der Waals surface area contributed by atoms with Crippen LogP contribution in [0.5, 0.6) is 5.75 Å². The van der Waals surface area contributed by atoms with Crippen molar-refractivity contribution in [3.63, 3.8) is 0 Å². The van der Waals surface area contributed by atoms with Crippen LogP contribution in [0.4, 0.5) is 0 Å². The topological polar surface area (TPSA) is 35.3 Å². The SMILES string of the molecule is Cc1cccc(OCCc2ncco2)c1. The van der Waals surface area contributed by atoms with E-state index in [1.54, 1.807) is 12.5 Å². The van der Waals surface area contributed by atoms with Gasteiger partial charge in [-0.2, -0.15) is 0 Å². The van der Waals surface area contributed by atoms with Crippen molar-refractivity contribution in [2.75, 3.05) is 6.61 Å². The molecule has 0 saturated heterocycles. The fourth-order valence-corrected chi connectivity index (χ4v) is 1.34. The Kier molecular flexibility index (Phi) is 3.02. The Hall–Kier alpha value is -1.77. The maximum absolute atomic E-state index is 5.56. The smallest absolute Gasteiger partial charge is 0.197 e. The Labute approximate surface area is 88.7 Å². The minimum Gasteiger partial charge on any atom is -0.493 e. The molecule has 3 nitrogen and oxygen atoms in total. The van der Waals surface area contributed by atoms with E-state index < -0.39 is 0 Å². The van der Waals surface area contributed by atoms with E-state index >= 15 is 0 Å². The number of nitrogens with zero attached hydrogens (tertiary/aromatic N) is 1. The standard InChI is InChI=1S/C12H13NO2/c1-10-3-2-4-11(9-10)14-7-5-12-13-6-8-15-12/h2-4,6,8-9H,5,7H2,1H3. The summed E-state index contributed by atoms with van der Waals surface area (Å²) >= 11 is 0. The zero-order chi connectivity index (χ0) is 10.5. The van der Waals surface area contributed by atoms with Crippen LogP contribution in [0.2, 0.25) is 0 Å². The predicted octanol–water partition coefficient (Wildman–Crippen LogP) is 2.60. The molecule has 0 N–H and O–H groups in total. The van der Waals surface area contributed by atoms with E-state index in [4.69, 9.17) is 9.15 Å². The van der Waals surface area contributed by atoms with Crippen molar-refractivity contribution < 1.29 is 9.15 Å². The molecule has 0 spiro atoms. The van der Waals surface area contributed by atoms with Gasteiger partial charge in [-0.05, 0) is 24.6 Å². The Morgan fingerprint density at radius 1 is 1.40 bits per heavy atom.